The second-order valence-electron chi connectivity index (χ2n) is 4.39. The smallest absolute Gasteiger partial charge is 0.171 e. The van der Waals surface area contributed by atoms with Crippen LogP contribution in [0, 0.1) is 18.3 Å². The van der Waals surface area contributed by atoms with Gasteiger partial charge >= 0.3 is 0 Å². The molecule has 0 saturated heterocycles. The van der Waals surface area contributed by atoms with Crippen LogP contribution in [0.1, 0.15) is 11.1 Å². The molecule has 2 aromatic carbocycles. The lowest BCUT2D eigenvalue weighted by Crippen LogP contribution is -1.84. The zero-order chi connectivity index (χ0) is 14.1. The number of nitrogens with one attached hydrogen (secondary N) is 1. The SMILES string of the molecule is Cc1ccc2nc(Sc3cccc(Br)c3C#N)[nH]c2c1. The van der Waals surface area contributed by atoms with Crippen LogP contribution in [0.3, 0.4) is 0 Å². The molecule has 3 rings (SSSR count). The van der Waals surface area contributed by atoms with E-state index < -0.39 is 0 Å². The fourth-order valence-electron chi connectivity index (χ4n) is 1.95. The monoisotopic (exact) mass is 343 g/mol. The molecule has 3 nitrogen and oxygen atoms in total. The lowest BCUT2D eigenvalue weighted by molar-refractivity contribution is 1.08. The summed E-state index contributed by atoms with van der Waals surface area (Å²) in [6, 6.07) is 14.0. The average Bonchev–Trinajstić information content (AvgIpc) is 2.80. The van der Waals surface area contributed by atoms with E-state index in [4.69, 9.17) is 0 Å². The predicted octanol–water partition coefficient (Wildman–Crippen LogP) is 4.66. The van der Waals surface area contributed by atoms with Crippen molar-refractivity contribution in [2.45, 2.75) is 17.0 Å². The molecular weight excluding hydrogens is 334 g/mol. The summed E-state index contributed by atoms with van der Waals surface area (Å²) in [5, 5.41) is 10.0. The molecule has 20 heavy (non-hydrogen) atoms. The van der Waals surface area contributed by atoms with Crippen molar-refractivity contribution < 1.29 is 0 Å². The fraction of sp³-hybridized carbons (Fsp3) is 0.0667. The molecule has 1 N–H and O–H groups in total. The molecule has 0 fully saturated rings. The summed E-state index contributed by atoms with van der Waals surface area (Å²) in [5.74, 6) is 0. The molecule has 0 saturated carbocycles. The highest BCUT2D eigenvalue weighted by molar-refractivity contribution is 9.10. The van der Waals surface area contributed by atoms with Crippen molar-refractivity contribution in [3.63, 3.8) is 0 Å². The minimum Gasteiger partial charge on any atom is -0.333 e. The molecule has 3 aromatic rings. The maximum atomic E-state index is 9.23. The Morgan fingerprint density at radius 2 is 2.15 bits per heavy atom. The highest BCUT2D eigenvalue weighted by Crippen LogP contribution is 2.33. The Morgan fingerprint density at radius 1 is 1.30 bits per heavy atom. The van der Waals surface area contributed by atoms with Gasteiger partial charge in [-0.15, -0.1) is 0 Å². The first-order valence-electron chi connectivity index (χ1n) is 6.00. The third kappa shape index (κ3) is 2.45. The van der Waals surface area contributed by atoms with E-state index in [0.29, 0.717) is 5.56 Å². The van der Waals surface area contributed by atoms with E-state index in [0.717, 1.165) is 25.6 Å². The van der Waals surface area contributed by atoms with Crippen molar-refractivity contribution in [2.75, 3.05) is 0 Å². The van der Waals surface area contributed by atoms with E-state index in [-0.39, 0.29) is 0 Å². The van der Waals surface area contributed by atoms with Crippen LogP contribution >= 0.6 is 27.7 Å². The molecule has 0 aliphatic rings. The maximum Gasteiger partial charge on any atom is 0.171 e. The Kier molecular flexibility index (Phi) is 3.51. The van der Waals surface area contributed by atoms with E-state index >= 15 is 0 Å². The van der Waals surface area contributed by atoms with Crippen LogP contribution in [0.4, 0.5) is 0 Å². The number of imidazole rings is 1. The van der Waals surface area contributed by atoms with Gasteiger partial charge < -0.3 is 4.98 Å². The number of hydrogen-bond donors (Lipinski definition) is 1. The molecular formula is C15H10BrN3S. The number of H-pyrrole nitrogens is 1. The average molecular weight is 344 g/mol. The molecule has 1 aromatic heterocycles. The number of aromatic amines is 1. The standard InChI is InChI=1S/C15H10BrN3S/c1-9-5-6-12-13(7-9)19-15(18-12)20-14-4-2-3-11(16)10(14)8-17/h2-7H,1H3,(H,18,19). The Hall–Kier alpha value is -1.77. The summed E-state index contributed by atoms with van der Waals surface area (Å²) in [6.07, 6.45) is 0. The topological polar surface area (TPSA) is 52.5 Å². The van der Waals surface area contributed by atoms with Crippen molar-refractivity contribution >= 4 is 38.7 Å². The zero-order valence-corrected chi connectivity index (χ0v) is 13.0. The van der Waals surface area contributed by atoms with Crippen LogP contribution in [0.25, 0.3) is 11.0 Å². The van der Waals surface area contributed by atoms with Gasteiger partial charge in [0.05, 0.1) is 16.6 Å². The van der Waals surface area contributed by atoms with Crippen molar-refractivity contribution in [3.05, 3.63) is 52.0 Å². The van der Waals surface area contributed by atoms with Crippen molar-refractivity contribution in [1.82, 2.24) is 9.97 Å². The molecule has 98 valence electrons. The van der Waals surface area contributed by atoms with Crippen LogP contribution in [0.5, 0.6) is 0 Å². The molecule has 0 unspecified atom stereocenters. The van der Waals surface area contributed by atoms with Crippen molar-refractivity contribution in [2.24, 2.45) is 0 Å². The van der Waals surface area contributed by atoms with Gasteiger partial charge in [0.15, 0.2) is 5.16 Å². The molecule has 5 heteroatoms. The minimum atomic E-state index is 0.633. The van der Waals surface area contributed by atoms with E-state index in [1.54, 1.807) is 0 Å². The lowest BCUT2D eigenvalue weighted by Gasteiger charge is -2.02. The fourth-order valence-corrected chi connectivity index (χ4v) is 3.45. The van der Waals surface area contributed by atoms with E-state index in [9.17, 15) is 5.26 Å². The zero-order valence-electron chi connectivity index (χ0n) is 10.6. The Labute approximate surface area is 129 Å². The number of nitrogens with zero attached hydrogens (tertiary/aromatic N) is 2. The van der Waals surface area contributed by atoms with Gasteiger partial charge in [-0.25, -0.2) is 4.98 Å². The normalized spacial score (nSPS) is 10.7. The number of halogens is 1. The van der Waals surface area contributed by atoms with Gasteiger partial charge in [0.25, 0.3) is 0 Å². The number of nitriles is 1. The van der Waals surface area contributed by atoms with E-state index in [2.05, 4.69) is 45.0 Å². The summed E-state index contributed by atoms with van der Waals surface area (Å²) in [7, 11) is 0. The summed E-state index contributed by atoms with van der Waals surface area (Å²) >= 11 is 4.86. The second-order valence-corrected chi connectivity index (χ2v) is 6.27. The third-order valence-electron chi connectivity index (χ3n) is 2.91. The third-order valence-corrected chi connectivity index (χ3v) is 4.52. The van der Waals surface area contributed by atoms with Crippen molar-refractivity contribution in [1.29, 1.82) is 5.26 Å². The summed E-state index contributed by atoms with van der Waals surface area (Å²) < 4.78 is 0.803. The number of hydrogen-bond acceptors (Lipinski definition) is 3. The molecule has 0 bridgehead atoms. The van der Waals surface area contributed by atoms with Gasteiger partial charge in [-0.05, 0) is 52.7 Å². The first-order chi connectivity index (χ1) is 9.67. The lowest BCUT2D eigenvalue weighted by atomic mass is 10.2. The van der Waals surface area contributed by atoms with Gasteiger partial charge in [-0.3, -0.25) is 0 Å². The molecule has 0 amide bonds. The first kappa shape index (κ1) is 13.2. The Balaban J connectivity index is 2.02. The first-order valence-corrected chi connectivity index (χ1v) is 7.61. The molecule has 1 heterocycles. The number of aromatic nitrogens is 2. The quantitative estimate of drug-likeness (QED) is 0.736. The van der Waals surface area contributed by atoms with Crippen LogP contribution in [0.15, 0.2) is 50.9 Å². The van der Waals surface area contributed by atoms with Crippen LogP contribution in [0.2, 0.25) is 0 Å². The van der Waals surface area contributed by atoms with Crippen LogP contribution < -0.4 is 0 Å². The Morgan fingerprint density at radius 3 is 2.95 bits per heavy atom. The number of rotatable bonds is 2. The van der Waals surface area contributed by atoms with Crippen LogP contribution in [-0.4, -0.2) is 9.97 Å². The van der Waals surface area contributed by atoms with Crippen molar-refractivity contribution in [3.8, 4) is 6.07 Å². The second kappa shape index (κ2) is 5.31. The van der Waals surface area contributed by atoms with Gasteiger partial charge in [0, 0.05) is 9.37 Å². The largest absolute Gasteiger partial charge is 0.333 e. The van der Waals surface area contributed by atoms with Gasteiger partial charge in [0.2, 0.25) is 0 Å². The molecule has 0 spiro atoms. The number of benzene rings is 2. The molecule has 0 atom stereocenters. The number of fused-ring (bicyclic) bond motifs is 1. The minimum absolute atomic E-state index is 0.633. The van der Waals surface area contributed by atoms with Gasteiger partial charge in [-0.2, -0.15) is 5.26 Å². The number of aryl methyl sites for hydroxylation is 1. The summed E-state index contributed by atoms with van der Waals surface area (Å²) in [6.45, 7) is 2.05. The predicted molar refractivity (Wildman–Crippen MR) is 83.8 cm³/mol. The van der Waals surface area contributed by atoms with Crippen LogP contribution in [-0.2, 0) is 0 Å². The van der Waals surface area contributed by atoms with E-state index in [1.807, 2.05) is 30.3 Å². The molecule has 0 aliphatic heterocycles. The highest BCUT2D eigenvalue weighted by Gasteiger charge is 2.10. The summed E-state index contributed by atoms with van der Waals surface area (Å²) in [4.78, 5) is 8.71. The molecule has 0 radical (unpaired) electrons. The summed E-state index contributed by atoms with van der Waals surface area (Å²) in [5.41, 5.74) is 3.78. The highest BCUT2D eigenvalue weighted by atomic mass is 79.9. The Bertz CT molecular complexity index is 833. The molecule has 0 aliphatic carbocycles. The van der Waals surface area contributed by atoms with Gasteiger partial charge in [-0.1, -0.05) is 23.9 Å². The van der Waals surface area contributed by atoms with E-state index in [1.165, 1.54) is 17.3 Å². The maximum absolute atomic E-state index is 9.23. The van der Waals surface area contributed by atoms with Gasteiger partial charge in [0.1, 0.15) is 6.07 Å².